The van der Waals surface area contributed by atoms with Gasteiger partial charge in [0.2, 0.25) is 0 Å². The zero-order chi connectivity index (χ0) is 11.0. The van der Waals surface area contributed by atoms with Crippen molar-refractivity contribution in [3.05, 3.63) is 0 Å². The van der Waals surface area contributed by atoms with Crippen LogP contribution >= 0.6 is 0 Å². The fraction of sp³-hybridized carbons (Fsp3) is 0.909. The van der Waals surface area contributed by atoms with Crippen molar-refractivity contribution >= 4 is 5.97 Å². The molecule has 0 aromatic heterocycles. The van der Waals surface area contributed by atoms with E-state index in [2.05, 4.69) is 18.7 Å². The number of hydrogen-bond donors (Lipinski definition) is 1. The number of carbonyl (C=O) groups is 1. The van der Waals surface area contributed by atoms with Crippen LogP contribution in [0.2, 0.25) is 0 Å². The van der Waals surface area contributed by atoms with E-state index in [1.54, 1.807) is 6.92 Å². The van der Waals surface area contributed by atoms with E-state index in [1.165, 1.54) is 0 Å². The molecule has 0 saturated carbocycles. The van der Waals surface area contributed by atoms with Gasteiger partial charge in [0, 0.05) is 0 Å². The average molecular weight is 201 g/mol. The second-order valence-electron chi connectivity index (χ2n) is 3.76. The second-order valence-corrected chi connectivity index (χ2v) is 3.76. The van der Waals surface area contributed by atoms with Crippen LogP contribution in [0.1, 0.15) is 46.5 Å². The highest BCUT2D eigenvalue weighted by molar-refractivity contribution is 5.72. The largest absolute Gasteiger partial charge is 0.480 e. The van der Waals surface area contributed by atoms with Crippen molar-refractivity contribution < 1.29 is 9.90 Å². The third-order valence-electron chi connectivity index (χ3n) is 2.50. The lowest BCUT2D eigenvalue weighted by atomic mass is 10.2. The summed E-state index contributed by atoms with van der Waals surface area (Å²) < 4.78 is 0. The van der Waals surface area contributed by atoms with Gasteiger partial charge in [-0.05, 0) is 32.9 Å². The minimum absolute atomic E-state index is 0.340. The molecule has 0 fully saturated rings. The molecule has 0 aliphatic heterocycles. The zero-order valence-corrected chi connectivity index (χ0v) is 9.62. The lowest BCUT2D eigenvalue weighted by molar-refractivity contribution is -0.142. The first-order valence-corrected chi connectivity index (χ1v) is 5.60. The van der Waals surface area contributed by atoms with Crippen LogP contribution in [-0.2, 0) is 4.79 Å². The van der Waals surface area contributed by atoms with E-state index < -0.39 is 5.97 Å². The Balaban J connectivity index is 4.01. The summed E-state index contributed by atoms with van der Waals surface area (Å²) in [5.41, 5.74) is 0. The third-order valence-corrected chi connectivity index (χ3v) is 2.50. The minimum Gasteiger partial charge on any atom is -0.480 e. The van der Waals surface area contributed by atoms with Crippen molar-refractivity contribution in [3.63, 3.8) is 0 Å². The maximum Gasteiger partial charge on any atom is 0.320 e. The molecular formula is C11H23NO2. The Morgan fingerprint density at radius 3 is 1.93 bits per heavy atom. The van der Waals surface area contributed by atoms with Gasteiger partial charge in [0.25, 0.3) is 0 Å². The van der Waals surface area contributed by atoms with E-state index in [-0.39, 0.29) is 6.04 Å². The molecular weight excluding hydrogens is 178 g/mol. The fourth-order valence-electron chi connectivity index (χ4n) is 1.38. The molecule has 84 valence electrons. The van der Waals surface area contributed by atoms with Crippen LogP contribution in [-0.4, -0.2) is 35.1 Å². The highest BCUT2D eigenvalue weighted by Crippen LogP contribution is 2.04. The molecule has 14 heavy (non-hydrogen) atoms. The summed E-state index contributed by atoms with van der Waals surface area (Å²) in [4.78, 5) is 12.9. The van der Waals surface area contributed by atoms with Crippen LogP contribution in [0.15, 0.2) is 0 Å². The SMILES string of the molecule is CCCCN(CCCC)[C@@H](C)C(=O)O. The quantitative estimate of drug-likeness (QED) is 0.655. The highest BCUT2D eigenvalue weighted by Gasteiger charge is 2.18. The van der Waals surface area contributed by atoms with Gasteiger partial charge in [-0.3, -0.25) is 9.69 Å². The fourth-order valence-corrected chi connectivity index (χ4v) is 1.38. The molecule has 0 aromatic rings. The van der Waals surface area contributed by atoms with E-state index >= 15 is 0 Å². The van der Waals surface area contributed by atoms with Gasteiger partial charge in [-0.15, -0.1) is 0 Å². The Kier molecular flexibility index (Phi) is 7.48. The summed E-state index contributed by atoms with van der Waals surface area (Å²) in [5.74, 6) is -0.711. The molecule has 0 aromatic carbocycles. The summed E-state index contributed by atoms with van der Waals surface area (Å²) in [6.45, 7) is 7.84. The van der Waals surface area contributed by atoms with E-state index in [0.29, 0.717) is 0 Å². The van der Waals surface area contributed by atoms with Gasteiger partial charge < -0.3 is 5.11 Å². The van der Waals surface area contributed by atoms with E-state index in [0.717, 1.165) is 38.8 Å². The number of carboxylic acid groups (broad SMARTS) is 1. The number of carboxylic acids is 1. The molecule has 0 aliphatic carbocycles. The van der Waals surface area contributed by atoms with Crippen molar-refractivity contribution in [1.82, 2.24) is 4.90 Å². The molecule has 0 spiro atoms. The number of unbranched alkanes of at least 4 members (excludes halogenated alkanes) is 2. The van der Waals surface area contributed by atoms with Crippen molar-refractivity contribution in [2.45, 2.75) is 52.5 Å². The molecule has 0 rings (SSSR count). The molecule has 0 radical (unpaired) electrons. The van der Waals surface area contributed by atoms with Gasteiger partial charge in [-0.2, -0.15) is 0 Å². The number of rotatable bonds is 8. The Morgan fingerprint density at radius 1 is 1.21 bits per heavy atom. The normalized spacial score (nSPS) is 13.1. The molecule has 0 unspecified atom stereocenters. The molecule has 0 bridgehead atoms. The van der Waals surface area contributed by atoms with Crippen LogP contribution in [0.3, 0.4) is 0 Å². The van der Waals surface area contributed by atoms with E-state index in [1.807, 2.05) is 0 Å². The van der Waals surface area contributed by atoms with Crippen molar-refractivity contribution in [3.8, 4) is 0 Å². The third kappa shape index (κ3) is 5.22. The number of nitrogens with zero attached hydrogens (tertiary/aromatic N) is 1. The maximum absolute atomic E-state index is 10.8. The Morgan fingerprint density at radius 2 is 1.64 bits per heavy atom. The van der Waals surface area contributed by atoms with Crippen LogP contribution in [0.25, 0.3) is 0 Å². The molecule has 0 amide bonds. The second kappa shape index (κ2) is 7.80. The maximum atomic E-state index is 10.8. The molecule has 3 nitrogen and oxygen atoms in total. The van der Waals surface area contributed by atoms with E-state index in [4.69, 9.17) is 5.11 Å². The van der Waals surface area contributed by atoms with Crippen molar-refractivity contribution in [2.24, 2.45) is 0 Å². The van der Waals surface area contributed by atoms with Gasteiger partial charge in [-0.25, -0.2) is 0 Å². The highest BCUT2D eigenvalue weighted by atomic mass is 16.4. The molecule has 0 saturated heterocycles. The van der Waals surface area contributed by atoms with Gasteiger partial charge >= 0.3 is 5.97 Å². The monoisotopic (exact) mass is 201 g/mol. The Labute approximate surface area is 87.1 Å². The summed E-state index contributed by atoms with van der Waals surface area (Å²) in [7, 11) is 0. The van der Waals surface area contributed by atoms with Gasteiger partial charge in [-0.1, -0.05) is 26.7 Å². The zero-order valence-electron chi connectivity index (χ0n) is 9.62. The van der Waals surface area contributed by atoms with Crippen LogP contribution in [0, 0.1) is 0 Å². The van der Waals surface area contributed by atoms with Crippen molar-refractivity contribution in [1.29, 1.82) is 0 Å². The average Bonchev–Trinajstić information content (AvgIpc) is 2.17. The van der Waals surface area contributed by atoms with Crippen LogP contribution in [0.5, 0.6) is 0 Å². The topological polar surface area (TPSA) is 40.5 Å². The summed E-state index contributed by atoms with van der Waals surface area (Å²) in [6.07, 6.45) is 4.41. The van der Waals surface area contributed by atoms with E-state index in [9.17, 15) is 4.79 Å². The van der Waals surface area contributed by atoms with Gasteiger partial charge in [0.1, 0.15) is 6.04 Å². The smallest absolute Gasteiger partial charge is 0.320 e. The van der Waals surface area contributed by atoms with Crippen LogP contribution < -0.4 is 0 Å². The molecule has 1 atom stereocenters. The van der Waals surface area contributed by atoms with Crippen molar-refractivity contribution in [2.75, 3.05) is 13.1 Å². The lowest BCUT2D eigenvalue weighted by Crippen LogP contribution is -2.40. The summed E-state index contributed by atoms with van der Waals surface area (Å²) >= 11 is 0. The number of hydrogen-bond acceptors (Lipinski definition) is 2. The Hall–Kier alpha value is -0.570. The first-order valence-electron chi connectivity index (χ1n) is 5.60. The predicted octanol–water partition coefficient (Wildman–Crippen LogP) is 2.36. The standard InChI is InChI=1S/C11H23NO2/c1-4-6-8-12(9-7-5-2)10(3)11(13)14/h10H,4-9H2,1-3H3,(H,13,14)/t10-/m0/s1. The first kappa shape index (κ1) is 13.4. The number of aliphatic carboxylic acids is 1. The van der Waals surface area contributed by atoms with Gasteiger partial charge in [0.15, 0.2) is 0 Å². The Bertz CT molecular complexity index is 151. The summed E-state index contributed by atoms with van der Waals surface area (Å²) in [5, 5.41) is 8.91. The minimum atomic E-state index is -0.711. The predicted molar refractivity (Wildman–Crippen MR) is 58.5 cm³/mol. The molecule has 0 aliphatic rings. The first-order chi connectivity index (χ1) is 6.63. The van der Waals surface area contributed by atoms with Gasteiger partial charge in [0.05, 0.1) is 0 Å². The van der Waals surface area contributed by atoms with Crippen LogP contribution in [0.4, 0.5) is 0 Å². The lowest BCUT2D eigenvalue weighted by Gasteiger charge is -2.25. The molecule has 1 N–H and O–H groups in total. The molecule has 0 heterocycles. The summed E-state index contributed by atoms with van der Waals surface area (Å²) in [6, 6.07) is -0.340. The molecule has 3 heteroatoms.